The molecule has 1 aromatic carbocycles. The number of likely N-dealkylation sites (tertiary alicyclic amines) is 1. The fourth-order valence-corrected chi connectivity index (χ4v) is 3.20. The van der Waals surface area contributed by atoms with Crippen molar-refractivity contribution in [2.24, 2.45) is 0 Å². The molecule has 0 bridgehead atoms. The van der Waals surface area contributed by atoms with Gasteiger partial charge in [0.2, 0.25) is 11.8 Å². The van der Waals surface area contributed by atoms with Crippen LogP contribution in [0.3, 0.4) is 0 Å². The van der Waals surface area contributed by atoms with Gasteiger partial charge in [0.1, 0.15) is 18.1 Å². The number of quaternary nitrogens is 1. The zero-order valence-electron chi connectivity index (χ0n) is 13.9. The molecular weight excluding hydrogens is 298 g/mol. The molecule has 0 atom stereocenters. The van der Waals surface area contributed by atoms with Crippen molar-refractivity contribution < 1.29 is 0 Å². The van der Waals surface area contributed by atoms with Crippen LogP contribution in [0.15, 0.2) is 61.1 Å². The lowest BCUT2D eigenvalue weighted by atomic mass is 10.1. The van der Waals surface area contributed by atoms with Crippen LogP contribution < -0.4 is 9.80 Å². The molecule has 0 saturated carbocycles. The summed E-state index contributed by atoms with van der Waals surface area (Å²) in [5.74, 6) is 1.56. The minimum atomic E-state index is 0.487. The number of hydrogen-bond acceptors (Lipinski definition) is 4. The monoisotopic (exact) mass is 320 g/mol. The summed E-state index contributed by atoms with van der Waals surface area (Å²) in [6.45, 7) is 3.49. The molecule has 0 aliphatic carbocycles. The summed E-state index contributed by atoms with van der Waals surface area (Å²) >= 11 is 0. The van der Waals surface area contributed by atoms with E-state index in [0.717, 1.165) is 12.4 Å². The Hall–Kier alpha value is -2.50. The molecule has 3 heterocycles. The highest BCUT2D eigenvalue weighted by molar-refractivity contribution is 5.63. The zero-order chi connectivity index (χ0) is 16.4. The molecule has 24 heavy (non-hydrogen) atoms. The first-order valence-corrected chi connectivity index (χ1v) is 8.39. The number of benzene rings is 1. The van der Waals surface area contributed by atoms with E-state index in [9.17, 15) is 0 Å². The summed E-state index contributed by atoms with van der Waals surface area (Å²) < 4.78 is 0.487. The first-order chi connectivity index (χ1) is 11.8. The molecule has 5 heteroatoms. The van der Waals surface area contributed by atoms with Crippen molar-refractivity contribution in [1.82, 2.24) is 19.4 Å². The minimum absolute atomic E-state index is 0.487. The standard InChI is InChI=1S/C19H22N5/c1-20-19-21-10-9-18(22-19)24(13-2-3-14-24)17-7-5-16(6-8-17)15-23-11-4-12-23/h2-3,5-10,13-14H,4,11-12,15H2,1H3,(H,20,21,22)/q+1. The van der Waals surface area contributed by atoms with Gasteiger partial charge >= 0.3 is 0 Å². The normalized spacial score (nSPS) is 18.5. The third-order valence-corrected chi connectivity index (χ3v) is 4.72. The van der Waals surface area contributed by atoms with Gasteiger partial charge in [-0.25, -0.2) is 4.98 Å². The molecule has 2 aliphatic rings. The Morgan fingerprint density at radius 1 is 1.08 bits per heavy atom. The summed E-state index contributed by atoms with van der Waals surface area (Å²) in [4.78, 5) is 11.4. The smallest absolute Gasteiger partial charge is 0.246 e. The van der Waals surface area contributed by atoms with E-state index in [2.05, 4.69) is 69.0 Å². The van der Waals surface area contributed by atoms with Crippen LogP contribution in [0.2, 0.25) is 0 Å². The highest BCUT2D eigenvalue weighted by atomic mass is 15.4. The van der Waals surface area contributed by atoms with Gasteiger partial charge in [-0.3, -0.25) is 4.90 Å². The van der Waals surface area contributed by atoms with Crippen LogP contribution in [0.5, 0.6) is 0 Å². The lowest BCUT2D eigenvalue weighted by Crippen LogP contribution is -2.36. The maximum atomic E-state index is 4.65. The van der Waals surface area contributed by atoms with E-state index in [1.165, 1.54) is 30.8 Å². The fraction of sp³-hybridized carbons (Fsp3) is 0.263. The Balaban J connectivity index is 1.67. The van der Waals surface area contributed by atoms with Crippen molar-refractivity contribution in [3.05, 3.63) is 66.6 Å². The van der Waals surface area contributed by atoms with E-state index >= 15 is 0 Å². The van der Waals surface area contributed by atoms with Crippen molar-refractivity contribution in [2.45, 2.75) is 13.0 Å². The van der Waals surface area contributed by atoms with Crippen molar-refractivity contribution >= 4 is 17.5 Å². The summed E-state index contributed by atoms with van der Waals surface area (Å²) in [7, 11) is 1.84. The van der Waals surface area contributed by atoms with Crippen molar-refractivity contribution in [2.75, 3.05) is 25.5 Å². The Bertz CT molecular complexity index is 763. The molecule has 0 amide bonds. The van der Waals surface area contributed by atoms with Gasteiger partial charge in [0.25, 0.3) is 0 Å². The number of nitrogens with one attached hydrogen (secondary N) is 1. The van der Waals surface area contributed by atoms with Gasteiger partial charge in [0, 0.05) is 38.0 Å². The summed E-state index contributed by atoms with van der Waals surface area (Å²) in [6, 6.07) is 10.8. The molecular formula is C19H22N5+. The molecule has 1 fully saturated rings. The van der Waals surface area contributed by atoms with Gasteiger partial charge in [0.05, 0.1) is 0 Å². The van der Waals surface area contributed by atoms with Gasteiger partial charge < -0.3 is 5.32 Å². The van der Waals surface area contributed by atoms with Gasteiger partial charge in [-0.15, -0.1) is 0 Å². The van der Waals surface area contributed by atoms with Crippen molar-refractivity contribution in [3.8, 4) is 0 Å². The highest BCUT2D eigenvalue weighted by Gasteiger charge is 2.33. The second-order valence-electron chi connectivity index (χ2n) is 6.24. The largest absolute Gasteiger partial charge is 0.357 e. The van der Waals surface area contributed by atoms with Crippen LogP contribution in [0.4, 0.5) is 17.5 Å². The van der Waals surface area contributed by atoms with Crippen LogP contribution in [0, 0.1) is 0 Å². The number of anilines is 1. The van der Waals surface area contributed by atoms with Gasteiger partial charge in [-0.05, 0) is 37.2 Å². The van der Waals surface area contributed by atoms with Gasteiger partial charge in [-0.2, -0.15) is 9.47 Å². The molecule has 0 unspecified atom stereocenters. The number of rotatable bonds is 5. The number of allylic oxidation sites excluding steroid dienone is 2. The number of hydrogen-bond donors (Lipinski definition) is 1. The van der Waals surface area contributed by atoms with Crippen molar-refractivity contribution in [1.29, 1.82) is 0 Å². The molecule has 0 spiro atoms. The average molecular weight is 320 g/mol. The van der Waals surface area contributed by atoms with E-state index in [-0.39, 0.29) is 0 Å². The SMILES string of the molecule is CNc1nccc([N+]2(c3ccc(CN4CCC4)cc3)C=CC=C2)n1. The second-order valence-corrected chi connectivity index (χ2v) is 6.24. The summed E-state index contributed by atoms with van der Waals surface area (Å²) in [5, 5.41) is 3.02. The third kappa shape index (κ3) is 2.62. The maximum absolute atomic E-state index is 4.65. The fourth-order valence-electron chi connectivity index (χ4n) is 3.20. The molecule has 1 saturated heterocycles. The van der Waals surface area contributed by atoms with Crippen LogP contribution in [-0.2, 0) is 6.54 Å². The molecule has 2 aliphatic heterocycles. The van der Waals surface area contributed by atoms with E-state index in [0.29, 0.717) is 10.4 Å². The Kier molecular flexibility index (Phi) is 3.88. The zero-order valence-corrected chi connectivity index (χ0v) is 13.9. The highest BCUT2D eigenvalue weighted by Crippen LogP contribution is 2.37. The average Bonchev–Trinajstić information content (AvgIpc) is 3.10. The number of nitrogens with zero attached hydrogens (tertiary/aromatic N) is 4. The lowest BCUT2D eigenvalue weighted by Gasteiger charge is -2.31. The van der Waals surface area contributed by atoms with E-state index in [4.69, 9.17) is 0 Å². The van der Waals surface area contributed by atoms with Crippen LogP contribution in [0.25, 0.3) is 0 Å². The van der Waals surface area contributed by atoms with Crippen LogP contribution in [0.1, 0.15) is 12.0 Å². The van der Waals surface area contributed by atoms with Gasteiger partial charge in [-0.1, -0.05) is 12.1 Å². The maximum Gasteiger partial charge on any atom is 0.246 e. The topological polar surface area (TPSA) is 41.1 Å². The Morgan fingerprint density at radius 3 is 2.46 bits per heavy atom. The number of aromatic nitrogens is 2. The van der Waals surface area contributed by atoms with E-state index < -0.39 is 0 Å². The third-order valence-electron chi connectivity index (χ3n) is 4.72. The van der Waals surface area contributed by atoms with Crippen molar-refractivity contribution in [3.63, 3.8) is 0 Å². The predicted molar refractivity (Wildman–Crippen MR) is 97.6 cm³/mol. The lowest BCUT2D eigenvalue weighted by molar-refractivity contribution is 0.172. The van der Waals surface area contributed by atoms with Crippen LogP contribution >= 0.6 is 0 Å². The molecule has 1 N–H and O–H groups in total. The first kappa shape index (κ1) is 15.1. The second kappa shape index (κ2) is 6.19. The van der Waals surface area contributed by atoms with Gasteiger partial charge in [0.15, 0.2) is 0 Å². The van der Waals surface area contributed by atoms with E-state index in [1.807, 2.05) is 13.1 Å². The first-order valence-electron chi connectivity index (χ1n) is 8.39. The molecule has 4 rings (SSSR count). The molecule has 1 aromatic heterocycles. The van der Waals surface area contributed by atoms with E-state index in [1.54, 1.807) is 6.20 Å². The molecule has 122 valence electrons. The molecule has 2 aromatic rings. The minimum Gasteiger partial charge on any atom is -0.357 e. The predicted octanol–water partition coefficient (Wildman–Crippen LogP) is 3.40. The quantitative estimate of drug-likeness (QED) is 0.857. The van der Waals surface area contributed by atoms with Crippen LogP contribution in [-0.4, -0.2) is 35.0 Å². The molecule has 5 nitrogen and oxygen atoms in total. The Labute approximate surface area is 142 Å². The summed E-state index contributed by atoms with van der Waals surface area (Å²) in [5.41, 5.74) is 2.54. The molecule has 0 radical (unpaired) electrons. The Morgan fingerprint density at radius 2 is 1.83 bits per heavy atom. The summed E-state index contributed by atoms with van der Waals surface area (Å²) in [6.07, 6.45) is 11.5.